The molecule has 1 aromatic carbocycles. The number of esters is 2. The highest BCUT2D eigenvalue weighted by molar-refractivity contribution is 6.40. The van der Waals surface area contributed by atoms with Crippen LogP contribution < -0.4 is 0 Å². The summed E-state index contributed by atoms with van der Waals surface area (Å²) in [5, 5.41) is 0.906. The molecule has 0 amide bonds. The van der Waals surface area contributed by atoms with Gasteiger partial charge in [-0.15, -0.1) is 0 Å². The Morgan fingerprint density at radius 2 is 2.00 bits per heavy atom. The van der Waals surface area contributed by atoms with Crippen molar-refractivity contribution in [3.8, 4) is 0 Å². The van der Waals surface area contributed by atoms with Crippen molar-refractivity contribution in [1.29, 1.82) is 0 Å². The zero-order chi connectivity index (χ0) is 16.1. The van der Waals surface area contributed by atoms with E-state index in [1.807, 2.05) is 25.1 Å². The first-order valence-corrected chi connectivity index (χ1v) is 6.63. The second-order valence-corrected chi connectivity index (χ2v) is 4.66. The van der Waals surface area contributed by atoms with Crippen LogP contribution in [0.2, 0.25) is 0 Å². The molecule has 0 spiro atoms. The van der Waals surface area contributed by atoms with E-state index >= 15 is 0 Å². The summed E-state index contributed by atoms with van der Waals surface area (Å²) in [7, 11) is 2.49. The first-order valence-electron chi connectivity index (χ1n) is 6.63. The van der Waals surface area contributed by atoms with E-state index in [2.05, 4.69) is 19.5 Å². The third-order valence-electron chi connectivity index (χ3n) is 3.04. The molecular formula is C16H16N2O4. The molecule has 0 unspecified atom stereocenters. The van der Waals surface area contributed by atoms with E-state index in [0.717, 1.165) is 10.9 Å². The lowest BCUT2D eigenvalue weighted by atomic mass is 10.1. The average molecular weight is 300 g/mol. The molecule has 0 bridgehead atoms. The van der Waals surface area contributed by atoms with E-state index < -0.39 is 11.9 Å². The van der Waals surface area contributed by atoms with Crippen LogP contribution in [0.4, 0.5) is 5.69 Å². The van der Waals surface area contributed by atoms with E-state index in [4.69, 9.17) is 0 Å². The van der Waals surface area contributed by atoms with Gasteiger partial charge in [0.2, 0.25) is 0 Å². The van der Waals surface area contributed by atoms with Crippen molar-refractivity contribution >= 4 is 34.2 Å². The number of hydrogen-bond acceptors (Lipinski definition) is 6. The lowest BCUT2D eigenvalue weighted by Gasteiger charge is -2.07. The standard InChI is InChI=1S/C16H16N2O4/c1-10-7-11-5-4-6-17-15(11)12(8-10)18-13(16(20)22-3)9-14(19)21-2/h4-8H,9H2,1-3H3. The van der Waals surface area contributed by atoms with Gasteiger partial charge in [0.25, 0.3) is 0 Å². The number of aliphatic imine (C=N–C) groups is 1. The molecule has 0 aliphatic heterocycles. The Morgan fingerprint density at radius 3 is 2.68 bits per heavy atom. The second kappa shape index (κ2) is 6.80. The van der Waals surface area contributed by atoms with Gasteiger partial charge in [-0.2, -0.15) is 0 Å². The Hall–Kier alpha value is -2.76. The molecule has 0 fully saturated rings. The topological polar surface area (TPSA) is 77.9 Å². The van der Waals surface area contributed by atoms with Crippen molar-refractivity contribution < 1.29 is 19.1 Å². The summed E-state index contributed by atoms with van der Waals surface area (Å²) in [6.45, 7) is 1.92. The minimum Gasteiger partial charge on any atom is -0.469 e. The number of pyridine rings is 1. The van der Waals surface area contributed by atoms with Crippen molar-refractivity contribution in [3.05, 3.63) is 36.0 Å². The molecule has 0 aliphatic carbocycles. The normalized spacial score (nSPS) is 11.3. The van der Waals surface area contributed by atoms with Crippen LogP contribution in [0, 0.1) is 6.92 Å². The molecule has 6 nitrogen and oxygen atoms in total. The number of rotatable bonds is 4. The Morgan fingerprint density at radius 1 is 1.23 bits per heavy atom. The van der Waals surface area contributed by atoms with Gasteiger partial charge in [-0.3, -0.25) is 9.78 Å². The van der Waals surface area contributed by atoms with Crippen LogP contribution in [-0.4, -0.2) is 36.9 Å². The molecule has 1 aromatic heterocycles. The molecule has 0 atom stereocenters. The minimum absolute atomic E-state index is 0.0214. The fourth-order valence-electron chi connectivity index (χ4n) is 2.03. The molecule has 6 heteroatoms. The maximum atomic E-state index is 11.8. The van der Waals surface area contributed by atoms with Crippen molar-refractivity contribution in [2.24, 2.45) is 4.99 Å². The number of carbonyl (C=O) groups is 2. The van der Waals surface area contributed by atoms with Crippen molar-refractivity contribution in [2.75, 3.05) is 14.2 Å². The van der Waals surface area contributed by atoms with Crippen LogP contribution in [0.15, 0.2) is 35.5 Å². The molecule has 0 saturated carbocycles. The Kier molecular flexibility index (Phi) is 4.83. The highest BCUT2D eigenvalue weighted by atomic mass is 16.5. The van der Waals surface area contributed by atoms with Gasteiger partial charge >= 0.3 is 11.9 Å². The van der Waals surface area contributed by atoms with Gasteiger partial charge in [0.1, 0.15) is 5.71 Å². The quantitative estimate of drug-likeness (QED) is 0.640. The molecule has 0 aliphatic rings. The summed E-state index contributed by atoms with van der Waals surface area (Å²) in [5.41, 5.74) is 2.12. The van der Waals surface area contributed by atoms with Gasteiger partial charge in [0.05, 0.1) is 31.8 Å². The van der Waals surface area contributed by atoms with Gasteiger partial charge in [0.15, 0.2) is 0 Å². The molecule has 1 heterocycles. The number of nitrogens with zero attached hydrogens (tertiary/aromatic N) is 2. The Labute approximate surface area is 127 Å². The van der Waals surface area contributed by atoms with Gasteiger partial charge in [-0.05, 0) is 30.7 Å². The lowest BCUT2D eigenvalue weighted by molar-refractivity contribution is -0.140. The van der Waals surface area contributed by atoms with Crippen LogP contribution in [0.3, 0.4) is 0 Å². The lowest BCUT2D eigenvalue weighted by Crippen LogP contribution is -2.20. The number of carbonyl (C=O) groups excluding carboxylic acids is 2. The summed E-state index contributed by atoms with van der Waals surface area (Å²) in [6, 6.07) is 7.51. The number of ether oxygens (including phenoxy) is 2. The number of aryl methyl sites for hydroxylation is 1. The molecule has 114 valence electrons. The molecule has 0 N–H and O–H groups in total. The number of hydrogen-bond donors (Lipinski definition) is 0. The Bertz CT molecular complexity index is 753. The molecule has 0 radical (unpaired) electrons. The average Bonchev–Trinajstić information content (AvgIpc) is 2.53. The van der Waals surface area contributed by atoms with E-state index in [1.54, 1.807) is 12.3 Å². The molecule has 2 rings (SSSR count). The number of aromatic nitrogens is 1. The van der Waals surface area contributed by atoms with Crippen LogP contribution in [0.1, 0.15) is 12.0 Å². The number of fused-ring (bicyclic) bond motifs is 1. The first kappa shape index (κ1) is 15.6. The number of methoxy groups -OCH3 is 2. The monoisotopic (exact) mass is 300 g/mol. The summed E-state index contributed by atoms with van der Waals surface area (Å²) in [4.78, 5) is 31.8. The van der Waals surface area contributed by atoms with E-state index in [-0.39, 0.29) is 12.1 Å². The van der Waals surface area contributed by atoms with Gasteiger partial charge in [-0.1, -0.05) is 6.07 Å². The maximum absolute atomic E-state index is 11.8. The Balaban J connectivity index is 2.56. The third-order valence-corrected chi connectivity index (χ3v) is 3.04. The van der Waals surface area contributed by atoms with Gasteiger partial charge in [0, 0.05) is 11.6 Å². The number of benzene rings is 1. The van der Waals surface area contributed by atoms with Crippen molar-refractivity contribution in [1.82, 2.24) is 4.98 Å². The summed E-state index contributed by atoms with van der Waals surface area (Å²) >= 11 is 0. The van der Waals surface area contributed by atoms with Crippen LogP contribution in [-0.2, 0) is 19.1 Å². The van der Waals surface area contributed by atoms with Crippen LogP contribution in [0.5, 0.6) is 0 Å². The van der Waals surface area contributed by atoms with Crippen molar-refractivity contribution in [3.63, 3.8) is 0 Å². The van der Waals surface area contributed by atoms with Crippen LogP contribution in [0.25, 0.3) is 10.9 Å². The van der Waals surface area contributed by atoms with Crippen molar-refractivity contribution in [2.45, 2.75) is 13.3 Å². The highest BCUT2D eigenvalue weighted by Crippen LogP contribution is 2.26. The molecule has 0 saturated heterocycles. The molecule has 22 heavy (non-hydrogen) atoms. The third kappa shape index (κ3) is 3.46. The summed E-state index contributed by atoms with van der Waals surface area (Å²) in [5.74, 6) is -1.23. The minimum atomic E-state index is -0.670. The van der Waals surface area contributed by atoms with E-state index in [1.165, 1.54) is 14.2 Å². The highest BCUT2D eigenvalue weighted by Gasteiger charge is 2.18. The zero-order valence-electron chi connectivity index (χ0n) is 12.6. The first-order chi connectivity index (χ1) is 10.5. The predicted octanol–water partition coefficient (Wildman–Crippen LogP) is 2.35. The molecular weight excluding hydrogens is 284 g/mol. The fraction of sp³-hybridized carbons (Fsp3) is 0.250. The van der Waals surface area contributed by atoms with E-state index in [9.17, 15) is 9.59 Å². The summed E-state index contributed by atoms with van der Waals surface area (Å²) in [6.07, 6.45) is 1.39. The summed E-state index contributed by atoms with van der Waals surface area (Å²) < 4.78 is 9.26. The van der Waals surface area contributed by atoms with Crippen LogP contribution >= 0.6 is 0 Å². The second-order valence-electron chi connectivity index (χ2n) is 4.66. The SMILES string of the molecule is COC(=O)CC(=Nc1cc(C)cc2cccnc12)C(=O)OC. The van der Waals surface area contributed by atoms with Gasteiger partial charge < -0.3 is 9.47 Å². The zero-order valence-corrected chi connectivity index (χ0v) is 12.6. The fourth-order valence-corrected chi connectivity index (χ4v) is 2.03. The predicted molar refractivity (Wildman–Crippen MR) is 82.2 cm³/mol. The smallest absolute Gasteiger partial charge is 0.353 e. The molecule has 2 aromatic rings. The largest absolute Gasteiger partial charge is 0.469 e. The maximum Gasteiger partial charge on any atom is 0.353 e. The van der Waals surface area contributed by atoms with E-state index in [0.29, 0.717) is 11.2 Å². The van der Waals surface area contributed by atoms with Gasteiger partial charge in [-0.25, -0.2) is 9.79 Å².